The SMILES string of the molecule is COCCC(=O)C(C(=O)OC)c1cc(Br)ccc1O. The van der Waals surface area contributed by atoms with Gasteiger partial charge in [0.05, 0.1) is 13.7 Å². The molecule has 0 spiro atoms. The maximum atomic E-state index is 12.1. The summed E-state index contributed by atoms with van der Waals surface area (Å²) in [7, 11) is 2.67. The Morgan fingerprint density at radius 1 is 1.37 bits per heavy atom. The van der Waals surface area contributed by atoms with E-state index in [0.29, 0.717) is 4.47 Å². The first-order valence-corrected chi connectivity index (χ1v) is 6.38. The van der Waals surface area contributed by atoms with E-state index in [-0.39, 0.29) is 30.1 Å². The number of aromatic hydroxyl groups is 1. The number of carbonyl (C=O) groups is 2. The van der Waals surface area contributed by atoms with E-state index in [1.165, 1.54) is 26.4 Å². The number of phenolic OH excluding ortho intramolecular Hbond substituents is 1. The fourth-order valence-electron chi connectivity index (χ4n) is 1.65. The van der Waals surface area contributed by atoms with Gasteiger partial charge >= 0.3 is 5.97 Å². The minimum Gasteiger partial charge on any atom is -0.508 e. The van der Waals surface area contributed by atoms with E-state index in [1.54, 1.807) is 6.07 Å². The highest BCUT2D eigenvalue weighted by atomic mass is 79.9. The molecular formula is C13H15BrO5. The van der Waals surface area contributed by atoms with Crippen LogP contribution in [0.1, 0.15) is 17.9 Å². The van der Waals surface area contributed by atoms with Crippen molar-refractivity contribution >= 4 is 27.7 Å². The van der Waals surface area contributed by atoms with Crippen molar-refractivity contribution in [2.24, 2.45) is 0 Å². The normalized spacial score (nSPS) is 11.9. The summed E-state index contributed by atoms with van der Waals surface area (Å²) >= 11 is 3.24. The molecule has 0 bridgehead atoms. The predicted molar refractivity (Wildman–Crippen MR) is 72.1 cm³/mol. The third kappa shape index (κ3) is 4.04. The highest BCUT2D eigenvalue weighted by Crippen LogP contribution is 2.31. The molecule has 0 saturated heterocycles. The lowest BCUT2D eigenvalue weighted by Crippen LogP contribution is -2.24. The molecular weight excluding hydrogens is 316 g/mol. The molecule has 104 valence electrons. The number of halogens is 1. The maximum Gasteiger partial charge on any atom is 0.320 e. The molecule has 1 N–H and O–H groups in total. The van der Waals surface area contributed by atoms with Crippen LogP contribution < -0.4 is 0 Å². The van der Waals surface area contributed by atoms with Crippen LogP contribution >= 0.6 is 15.9 Å². The van der Waals surface area contributed by atoms with Gasteiger partial charge in [0, 0.05) is 23.6 Å². The standard InChI is InChI=1S/C13H15BrO5/c1-18-6-5-11(16)12(13(17)19-2)9-7-8(14)3-4-10(9)15/h3-4,7,12,15H,5-6H2,1-2H3. The van der Waals surface area contributed by atoms with E-state index < -0.39 is 11.9 Å². The molecule has 5 nitrogen and oxygen atoms in total. The third-order valence-corrected chi connectivity index (χ3v) is 3.11. The van der Waals surface area contributed by atoms with Gasteiger partial charge in [-0.15, -0.1) is 0 Å². The van der Waals surface area contributed by atoms with E-state index in [4.69, 9.17) is 4.74 Å². The summed E-state index contributed by atoms with van der Waals surface area (Å²) in [6, 6.07) is 4.56. The average molecular weight is 331 g/mol. The van der Waals surface area contributed by atoms with Crippen LogP contribution in [0.25, 0.3) is 0 Å². The second-order valence-corrected chi connectivity index (χ2v) is 4.78. The maximum absolute atomic E-state index is 12.1. The number of esters is 1. The number of Topliss-reactive ketones (excluding diaryl/α,β-unsaturated/α-hetero) is 1. The lowest BCUT2D eigenvalue weighted by atomic mass is 9.92. The van der Waals surface area contributed by atoms with Crippen LogP contribution in [0, 0.1) is 0 Å². The number of benzene rings is 1. The van der Waals surface area contributed by atoms with Crippen molar-refractivity contribution in [3.05, 3.63) is 28.2 Å². The number of carbonyl (C=O) groups excluding carboxylic acids is 2. The summed E-state index contributed by atoms with van der Waals surface area (Å²) in [5.74, 6) is -2.32. The highest BCUT2D eigenvalue weighted by molar-refractivity contribution is 9.10. The number of rotatable bonds is 6. The van der Waals surface area contributed by atoms with Crippen molar-refractivity contribution in [2.45, 2.75) is 12.3 Å². The summed E-state index contributed by atoms with van der Waals surface area (Å²) in [6.45, 7) is 0.209. The molecule has 0 aliphatic heterocycles. The van der Waals surface area contributed by atoms with Crippen LogP contribution in [0.3, 0.4) is 0 Å². The van der Waals surface area contributed by atoms with E-state index in [0.717, 1.165) is 0 Å². The molecule has 6 heteroatoms. The first-order valence-electron chi connectivity index (χ1n) is 5.59. The van der Waals surface area contributed by atoms with Crippen LogP contribution in [0.2, 0.25) is 0 Å². The van der Waals surface area contributed by atoms with Crippen molar-refractivity contribution in [1.82, 2.24) is 0 Å². The first kappa shape index (κ1) is 15.7. The predicted octanol–water partition coefficient (Wildman–Crippen LogP) is 2.02. The molecule has 0 aliphatic rings. The molecule has 0 heterocycles. The van der Waals surface area contributed by atoms with Gasteiger partial charge in [0.25, 0.3) is 0 Å². The number of ketones is 1. The Balaban J connectivity index is 3.12. The van der Waals surface area contributed by atoms with Crippen LogP contribution in [0.15, 0.2) is 22.7 Å². The van der Waals surface area contributed by atoms with Crippen LogP contribution in [0.4, 0.5) is 0 Å². The van der Waals surface area contributed by atoms with Crippen LogP contribution in [-0.2, 0) is 19.1 Å². The largest absolute Gasteiger partial charge is 0.508 e. The van der Waals surface area contributed by atoms with Gasteiger partial charge in [-0.25, -0.2) is 0 Å². The minimum absolute atomic E-state index is 0.0716. The van der Waals surface area contributed by atoms with Crippen molar-refractivity contribution in [1.29, 1.82) is 0 Å². The summed E-state index contributed by atoms with van der Waals surface area (Å²) in [5.41, 5.74) is 0.224. The number of phenols is 1. The van der Waals surface area contributed by atoms with Gasteiger partial charge < -0.3 is 14.6 Å². The highest BCUT2D eigenvalue weighted by Gasteiger charge is 2.31. The summed E-state index contributed by atoms with van der Waals surface area (Å²) in [4.78, 5) is 23.8. The van der Waals surface area contributed by atoms with Gasteiger partial charge in [0.15, 0.2) is 5.78 Å². The van der Waals surface area contributed by atoms with Crippen LogP contribution in [0.5, 0.6) is 5.75 Å². The van der Waals surface area contributed by atoms with Gasteiger partial charge in [-0.3, -0.25) is 9.59 Å². The molecule has 0 amide bonds. The van der Waals surface area contributed by atoms with Crippen molar-refractivity contribution in [2.75, 3.05) is 20.8 Å². The molecule has 0 radical (unpaired) electrons. The Morgan fingerprint density at radius 2 is 2.05 bits per heavy atom. The van der Waals surface area contributed by atoms with Crippen molar-refractivity contribution in [3.63, 3.8) is 0 Å². The second-order valence-electron chi connectivity index (χ2n) is 3.87. The smallest absolute Gasteiger partial charge is 0.320 e. The zero-order chi connectivity index (χ0) is 14.4. The van der Waals surface area contributed by atoms with E-state index in [2.05, 4.69) is 20.7 Å². The minimum atomic E-state index is -1.14. The van der Waals surface area contributed by atoms with Gasteiger partial charge in [-0.05, 0) is 18.2 Å². The zero-order valence-electron chi connectivity index (χ0n) is 10.7. The Labute approximate surface area is 119 Å². The lowest BCUT2D eigenvalue weighted by molar-refractivity contribution is -0.146. The lowest BCUT2D eigenvalue weighted by Gasteiger charge is -2.15. The van der Waals surface area contributed by atoms with E-state index in [1.807, 2.05) is 0 Å². The quantitative estimate of drug-likeness (QED) is 0.638. The van der Waals surface area contributed by atoms with Gasteiger partial charge in [0.2, 0.25) is 0 Å². The summed E-state index contributed by atoms with van der Waals surface area (Å²) in [6.07, 6.45) is 0.0716. The van der Waals surface area contributed by atoms with E-state index in [9.17, 15) is 14.7 Å². The number of hydrogen-bond acceptors (Lipinski definition) is 5. The Kier molecular flexibility index (Phi) is 5.98. The number of ether oxygens (including phenoxy) is 2. The molecule has 1 rings (SSSR count). The molecule has 1 atom stereocenters. The zero-order valence-corrected chi connectivity index (χ0v) is 12.3. The Hall–Kier alpha value is -1.40. The fourth-order valence-corrected chi connectivity index (χ4v) is 2.03. The number of hydrogen-bond donors (Lipinski definition) is 1. The molecule has 19 heavy (non-hydrogen) atoms. The van der Waals surface area contributed by atoms with Gasteiger partial charge in [-0.2, -0.15) is 0 Å². The van der Waals surface area contributed by atoms with Crippen molar-refractivity contribution in [3.8, 4) is 5.75 Å². The molecule has 1 aromatic rings. The van der Waals surface area contributed by atoms with Crippen LogP contribution in [-0.4, -0.2) is 37.7 Å². The molecule has 1 aromatic carbocycles. The fraction of sp³-hybridized carbons (Fsp3) is 0.385. The van der Waals surface area contributed by atoms with E-state index >= 15 is 0 Å². The molecule has 0 aliphatic carbocycles. The average Bonchev–Trinajstić information content (AvgIpc) is 2.40. The first-order chi connectivity index (χ1) is 9.01. The molecule has 0 fully saturated rings. The van der Waals surface area contributed by atoms with Gasteiger partial charge in [0.1, 0.15) is 11.7 Å². The van der Waals surface area contributed by atoms with Gasteiger partial charge in [-0.1, -0.05) is 15.9 Å². The van der Waals surface area contributed by atoms with Crippen molar-refractivity contribution < 1.29 is 24.2 Å². The molecule has 1 unspecified atom stereocenters. The number of methoxy groups -OCH3 is 2. The topological polar surface area (TPSA) is 72.8 Å². The summed E-state index contributed by atoms with van der Waals surface area (Å²) in [5, 5.41) is 9.81. The molecule has 0 saturated carbocycles. The Morgan fingerprint density at radius 3 is 2.63 bits per heavy atom. The third-order valence-electron chi connectivity index (χ3n) is 2.61. The second kappa shape index (κ2) is 7.25. The Bertz CT molecular complexity index is 472. The molecule has 0 aromatic heterocycles. The summed E-state index contributed by atoms with van der Waals surface area (Å²) < 4.78 is 10.1. The monoisotopic (exact) mass is 330 g/mol.